The van der Waals surface area contributed by atoms with Crippen LogP contribution in [0.3, 0.4) is 0 Å². The van der Waals surface area contributed by atoms with Crippen LogP contribution in [0, 0.1) is 0 Å². The third-order valence-corrected chi connectivity index (χ3v) is 2.41. The molecule has 1 amide bonds. The van der Waals surface area contributed by atoms with Gasteiger partial charge in [-0.1, -0.05) is 30.3 Å². The third kappa shape index (κ3) is 3.44. The molecule has 92 valence electrons. The zero-order valence-corrected chi connectivity index (χ0v) is 9.59. The molecule has 0 aliphatic carbocycles. The van der Waals surface area contributed by atoms with E-state index in [0.29, 0.717) is 6.42 Å². The van der Waals surface area contributed by atoms with Crippen molar-refractivity contribution in [3.63, 3.8) is 0 Å². The fourth-order valence-electron chi connectivity index (χ4n) is 1.59. The van der Waals surface area contributed by atoms with E-state index in [1.165, 1.54) is 7.05 Å². The van der Waals surface area contributed by atoms with Crippen LogP contribution in [0.25, 0.3) is 0 Å². The van der Waals surface area contributed by atoms with Crippen LogP contribution in [0.1, 0.15) is 5.56 Å². The first kappa shape index (κ1) is 11.9. The maximum atomic E-state index is 11.0. The lowest BCUT2D eigenvalue weighted by Gasteiger charge is -2.11. The molecule has 1 aliphatic heterocycles. The highest BCUT2D eigenvalue weighted by Gasteiger charge is 2.28. The van der Waals surface area contributed by atoms with E-state index in [4.69, 9.17) is 14.2 Å². The van der Waals surface area contributed by atoms with Gasteiger partial charge in [-0.05, 0) is 5.56 Å². The van der Waals surface area contributed by atoms with E-state index in [0.717, 1.165) is 5.56 Å². The summed E-state index contributed by atoms with van der Waals surface area (Å²) in [4.78, 5) is 11.0. The molecule has 1 aliphatic rings. The predicted molar refractivity (Wildman–Crippen MR) is 60.3 cm³/mol. The van der Waals surface area contributed by atoms with Crippen LogP contribution >= 0.6 is 0 Å². The lowest BCUT2D eigenvalue weighted by atomic mass is 10.1. The van der Waals surface area contributed by atoms with Crippen LogP contribution in [0.2, 0.25) is 0 Å². The summed E-state index contributed by atoms with van der Waals surface area (Å²) in [5.74, 6) is 0. The molecule has 1 fully saturated rings. The van der Waals surface area contributed by atoms with Crippen LogP contribution < -0.4 is 5.32 Å². The Labute approximate surface area is 99.7 Å². The minimum Gasteiger partial charge on any atom is -0.417 e. The molecule has 0 aromatic heterocycles. The Morgan fingerprint density at radius 3 is 2.94 bits per heavy atom. The second-order valence-electron chi connectivity index (χ2n) is 3.67. The zero-order chi connectivity index (χ0) is 12.1. The lowest BCUT2D eigenvalue weighted by Crippen LogP contribution is -2.27. The Hall–Kier alpha value is -1.59. The van der Waals surface area contributed by atoms with Crippen LogP contribution in [0.15, 0.2) is 30.3 Å². The van der Waals surface area contributed by atoms with Crippen LogP contribution in [-0.2, 0) is 20.6 Å². The maximum absolute atomic E-state index is 11.0. The highest BCUT2D eigenvalue weighted by atomic mass is 16.8. The third-order valence-electron chi connectivity index (χ3n) is 2.41. The van der Waals surface area contributed by atoms with Gasteiger partial charge in [-0.2, -0.15) is 0 Å². The van der Waals surface area contributed by atoms with Gasteiger partial charge in [0.05, 0.1) is 0 Å². The van der Waals surface area contributed by atoms with Crippen molar-refractivity contribution in [1.29, 1.82) is 0 Å². The minimum atomic E-state index is -0.622. The Balaban J connectivity index is 1.80. The number of nitrogens with one attached hydrogen (secondary N) is 1. The summed E-state index contributed by atoms with van der Waals surface area (Å²) in [6, 6.07) is 9.88. The highest BCUT2D eigenvalue weighted by Crippen LogP contribution is 2.17. The topological polar surface area (TPSA) is 56.8 Å². The quantitative estimate of drug-likeness (QED) is 0.860. The lowest BCUT2D eigenvalue weighted by molar-refractivity contribution is -0.115. The number of ether oxygens (including phenoxy) is 3. The Morgan fingerprint density at radius 1 is 1.47 bits per heavy atom. The van der Waals surface area contributed by atoms with Crippen molar-refractivity contribution in [2.75, 3.05) is 13.7 Å². The molecule has 2 atom stereocenters. The summed E-state index contributed by atoms with van der Waals surface area (Å²) in [6.07, 6.45) is -0.844. The maximum Gasteiger partial charge on any atom is 0.409 e. The summed E-state index contributed by atoms with van der Waals surface area (Å²) < 4.78 is 15.8. The van der Waals surface area contributed by atoms with E-state index in [1.54, 1.807) is 0 Å². The van der Waals surface area contributed by atoms with Gasteiger partial charge in [0.15, 0.2) is 6.29 Å². The number of carbonyl (C=O) groups excluding carboxylic acids is 1. The number of rotatable bonds is 3. The van der Waals surface area contributed by atoms with E-state index >= 15 is 0 Å². The first-order chi connectivity index (χ1) is 8.28. The SMILES string of the molecule is CNC(=O)OC1COC(Cc2ccccc2)O1. The molecule has 0 saturated carbocycles. The van der Waals surface area contributed by atoms with E-state index in [-0.39, 0.29) is 12.9 Å². The molecular weight excluding hydrogens is 222 g/mol. The van der Waals surface area contributed by atoms with Crippen molar-refractivity contribution in [1.82, 2.24) is 5.32 Å². The van der Waals surface area contributed by atoms with Gasteiger partial charge < -0.3 is 19.5 Å². The molecule has 2 rings (SSSR count). The van der Waals surface area contributed by atoms with Crippen LogP contribution in [0.4, 0.5) is 4.79 Å². The van der Waals surface area contributed by atoms with Gasteiger partial charge in [0.2, 0.25) is 6.29 Å². The largest absolute Gasteiger partial charge is 0.417 e. The molecule has 5 nitrogen and oxygen atoms in total. The first-order valence-electron chi connectivity index (χ1n) is 5.47. The second kappa shape index (κ2) is 5.65. The monoisotopic (exact) mass is 237 g/mol. The molecule has 1 heterocycles. The van der Waals surface area contributed by atoms with Gasteiger partial charge in [-0.25, -0.2) is 4.79 Å². The molecule has 5 heteroatoms. The highest BCUT2D eigenvalue weighted by molar-refractivity contribution is 5.66. The minimum absolute atomic E-state index is 0.269. The van der Waals surface area contributed by atoms with Gasteiger partial charge in [-0.15, -0.1) is 0 Å². The molecule has 0 radical (unpaired) electrons. The molecule has 0 bridgehead atoms. The van der Waals surface area contributed by atoms with Gasteiger partial charge >= 0.3 is 6.09 Å². The Bertz CT molecular complexity index is 368. The Kier molecular flexibility index (Phi) is 3.95. The molecule has 1 N–H and O–H groups in total. The van der Waals surface area contributed by atoms with Gasteiger partial charge in [0, 0.05) is 13.5 Å². The molecule has 1 saturated heterocycles. The Morgan fingerprint density at radius 2 is 2.24 bits per heavy atom. The average Bonchev–Trinajstić information content (AvgIpc) is 2.77. The number of hydrogen-bond acceptors (Lipinski definition) is 4. The van der Waals surface area contributed by atoms with E-state index < -0.39 is 12.4 Å². The number of amides is 1. The van der Waals surface area contributed by atoms with Gasteiger partial charge in [-0.3, -0.25) is 0 Å². The summed E-state index contributed by atoms with van der Waals surface area (Å²) in [5.41, 5.74) is 1.12. The summed E-state index contributed by atoms with van der Waals surface area (Å²) in [5, 5.41) is 2.36. The van der Waals surface area contributed by atoms with Crippen LogP contribution in [0.5, 0.6) is 0 Å². The molecular formula is C12H15NO4. The van der Waals surface area contributed by atoms with E-state index in [9.17, 15) is 4.79 Å². The fourth-order valence-corrected chi connectivity index (χ4v) is 1.59. The van der Waals surface area contributed by atoms with Crippen molar-refractivity contribution in [2.24, 2.45) is 0 Å². The van der Waals surface area contributed by atoms with Crippen molar-refractivity contribution in [3.05, 3.63) is 35.9 Å². The number of alkyl carbamates (subject to hydrolysis) is 1. The summed E-state index contributed by atoms with van der Waals surface area (Å²) in [7, 11) is 1.50. The number of benzene rings is 1. The van der Waals surface area contributed by atoms with Gasteiger partial charge in [0.1, 0.15) is 6.61 Å². The zero-order valence-electron chi connectivity index (χ0n) is 9.59. The second-order valence-corrected chi connectivity index (χ2v) is 3.67. The fraction of sp³-hybridized carbons (Fsp3) is 0.417. The molecule has 2 unspecified atom stereocenters. The summed E-state index contributed by atoms with van der Waals surface area (Å²) >= 11 is 0. The number of carbonyl (C=O) groups is 1. The van der Waals surface area contributed by atoms with E-state index in [1.807, 2.05) is 30.3 Å². The molecule has 1 aromatic carbocycles. The van der Waals surface area contributed by atoms with Crippen LogP contribution in [-0.4, -0.2) is 32.3 Å². The number of hydrogen-bond donors (Lipinski definition) is 1. The molecule has 1 aromatic rings. The van der Waals surface area contributed by atoms with Crippen molar-refractivity contribution < 1.29 is 19.0 Å². The smallest absolute Gasteiger partial charge is 0.409 e. The first-order valence-corrected chi connectivity index (χ1v) is 5.47. The molecule has 0 spiro atoms. The van der Waals surface area contributed by atoms with Crippen molar-refractivity contribution in [2.45, 2.75) is 19.0 Å². The average molecular weight is 237 g/mol. The van der Waals surface area contributed by atoms with E-state index in [2.05, 4.69) is 5.32 Å². The van der Waals surface area contributed by atoms with Gasteiger partial charge in [0.25, 0.3) is 0 Å². The predicted octanol–water partition coefficient (Wildman–Crippen LogP) is 1.28. The standard InChI is InChI=1S/C12H15NO4/c1-13-12(14)17-11-8-15-10(16-11)7-9-5-3-2-4-6-9/h2-6,10-11H,7-8H2,1H3,(H,13,14). The summed E-state index contributed by atoms with van der Waals surface area (Å²) in [6.45, 7) is 0.269. The van der Waals surface area contributed by atoms with Crippen molar-refractivity contribution in [3.8, 4) is 0 Å². The van der Waals surface area contributed by atoms with Crippen molar-refractivity contribution >= 4 is 6.09 Å². The molecule has 17 heavy (non-hydrogen) atoms. The normalized spacial score (nSPS) is 23.4.